The Morgan fingerprint density at radius 2 is 1.87 bits per heavy atom. The van der Waals surface area contributed by atoms with Gasteiger partial charge >= 0.3 is 12.2 Å². The van der Waals surface area contributed by atoms with Gasteiger partial charge in [-0.15, -0.1) is 0 Å². The summed E-state index contributed by atoms with van der Waals surface area (Å²) in [4.78, 5) is 23.8. The van der Waals surface area contributed by atoms with E-state index in [0.29, 0.717) is 0 Å². The normalized spacial score (nSPS) is 25.4. The SMILES string of the molecule is O=C1NC[C@@H](C(=O)N[C@@H](CC2CCC(C(F)(F)F)CC2)c2ccc(F)c(Cl)c2F)N1. The van der Waals surface area contributed by atoms with Gasteiger partial charge in [-0.1, -0.05) is 17.7 Å². The quantitative estimate of drug-likeness (QED) is 0.461. The van der Waals surface area contributed by atoms with Gasteiger partial charge < -0.3 is 16.0 Å². The second-order valence-corrected chi connectivity index (χ2v) is 8.11. The fraction of sp³-hybridized carbons (Fsp3) is 0.579. The van der Waals surface area contributed by atoms with Crippen LogP contribution in [0.1, 0.15) is 43.7 Å². The molecule has 1 aliphatic carbocycles. The van der Waals surface area contributed by atoms with Crippen molar-refractivity contribution in [1.29, 1.82) is 0 Å². The summed E-state index contributed by atoms with van der Waals surface area (Å²) >= 11 is 5.67. The number of carbonyl (C=O) groups is 2. The maximum Gasteiger partial charge on any atom is 0.391 e. The van der Waals surface area contributed by atoms with E-state index in [1.165, 1.54) is 0 Å². The van der Waals surface area contributed by atoms with E-state index >= 15 is 0 Å². The van der Waals surface area contributed by atoms with Crippen molar-refractivity contribution in [2.45, 2.75) is 50.4 Å². The topological polar surface area (TPSA) is 70.2 Å². The van der Waals surface area contributed by atoms with E-state index in [1.807, 2.05) is 0 Å². The second-order valence-electron chi connectivity index (χ2n) is 7.73. The van der Waals surface area contributed by atoms with Crippen LogP contribution in [0, 0.1) is 23.5 Å². The molecule has 0 unspecified atom stereocenters. The molecule has 3 rings (SSSR count). The Labute approximate surface area is 174 Å². The van der Waals surface area contributed by atoms with Crippen molar-refractivity contribution < 1.29 is 31.5 Å². The van der Waals surface area contributed by atoms with Crippen molar-refractivity contribution in [3.05, 3.63) is 34.4 Å². The molecular formula is C19H21ClF5N3O2. The van der Waals surface area contributed by atoms with E-state index in [2.05, 4.69) is 16.0 Å². The molecule has 2 aliphatic rings. The molecular weight excluding hydrogens is 433 g/mol. The number of rotatable bonds is 5. The molecule has 166 valence electrons. The minimum Gasteiger partial charge on any atom is -0.347 e. The van der Waals surface area contributed by atoms with Crippen LogP contribution in [0.15, 0.2) is 12.1 Å². The molecule has 3 amide bonds. The van der Waals surface area contributed by atoms with E-state index in [1.54, 1.807) is 0 Å². The van der Waals surface area contributed by atoms with Crippen LogP contribution in [-0.4, -0.2) is 30.7 Å². The van der Waals surface area contributed by atoms with Crippen LogP contribution in [0.2, 0.25) is 5.02 Å². The maximum atomic E-state index is 14.6. The number of alkyl halides is 3. The minimum absolute atomic E-state index is 0.0376. The Morgan fingerprint density at radius 1 is 1.20 bits per heavy atom. The summed E-state index contributed by atoms with van der Waals surface area (Å²) in [5.41, 5.74) is -0.0509. The molecule has 1 aliphatic heterocycles. The van der Waals surface area contributed by atoms with Gasteiger partial charge in [0.15, 0.2) is 0 Å². The van der Waals surface area contributed by atoms with Crippen molar-refractivity contribution in [3.63, 3.8) is 0 Å². The zero-order valence-corrected chi connectivity index (χ0v) is 16.5. The third-order valence-corrected chi connectivity index (χ3v) is 6.07. The molecule has 0 aromatic heterocycles. The third kappa shape index (κ3) is 5.14. The Balaban J connectivity index is 1.76. The van der Waals surface area contributed by atoms with Gasteiger partial charge in [0, 0.05) is 12.1 Å². The van der Waals surface area contributed by atoms with E-state index < -0.39 is 52.8 Å². The van der Waals surface area contributed by atoms with Crippen LogP contribution in [0.3, 0.4) is 0 Å². The number of benzene rings is 1. The lowest BCUT2D eigenvalue weighted by Crippen LogP contribution is -2.45. The van der Waals surface area contributed by atoms with Gasteiger partial charge in [-0.05, 0) is 44.1 Å². The summed E-state index contributed by atoms with van der Waals surface area (Å²) in [6, 6.07) is -0.193. The Bertz CT molecular complexity index is 812. The highest BCUT2D eigenvalue weighted by molar-refractivity contribution is 6.31. The fourth-order valence-corrected chi connectivity index (χ4v) is 4.19. The maximum absolute atomic E-state index is 14.6. The highest BCUT2D eigenvalue weighted by Gasteiger charge is 2.42. The van der Waals surface area contributed by atoms with Gasteiger partial charge in [0.2, 0.25) is 5.91 Å². The molecule has 1 aromatic carbocycles. The summed E-state index contributed by atoms with van der Waals surface area (Å²) in [6.07, 6.45) is -3.61. The molecule has 1 saturated heterocycles. The Hall–Kier alpha value is -2.10. The highest BCUT2D eigenvalue weighted by atomic mass is 35.5. The highest BCUT2D eigenvalue weighted by Crippen LogP contribution is 2.42. The van der Waals surface area contributed by atoms with E-state index in [9.17, 15) is 31.5 Å². The molecule has 2 fully saturated rings. The molecule has 0 bridgehead atoms. The van der Waals surface area contributed by atoms with Crippen LogP contribution >= 0.6 is 11.6 Å². The molecule has 1 heterocycles. The number of hydrogen-bond acceptors (Lipinski definition) is 2. The average molecular weight is 454 g/mol. The number of carbonyl (C=O) groups excluding carboxylic acids is 2. The van der Waals surface area contributed by atoms with Gasteiger partial charge in [0.25, 0.3) is 0 Å². The summed E-state index contributed by atoms with van der Waals surface area (Å²) in [6.45, 7) is 0.0424. The molecule has 30 heavy (non-hydrogen) atoms. The first-order valence-corrected chi connectivity index (χ1v) is 9.99. The Morgan fingerprint density at radius 3 is 2.43 bits per heavy atom. The first kappa shape index (κ1) is 22.6. The van der Waals surface area contributed by atoms with Crippen LogP contribution in [0.25, 0.3) is 0 Å². The summed E-state index contributed by atoms with van der Waals surface area (Å²) in [5.74, 6) is -4.12. The van der Waals surface area contributed by atoms with Crippen LogP contribution in [0.4, 0.5) is 26.7 Å². The monoisotopic (exact) mass is 453 g/mol. The average Bonchev–Trinajstić information content (AvgIpc) is 3.12. The second kappa shape index (κ2) is 8.95. The minimum atomic E-state index is -4.25. The van der Waals surface area contributed by atoms with Crippen LogP contribution < -0.4 is 16.0 Å². The van der Waals surface area contributed by atoms with Crippen molar-refractivity contribution in [1.82, 2.24) is 16.0 Å². The number of hydrogen-bond donors (Lipinski definition) is 3. The zero-order valence-electron chi connectivity index (χ0n) is 15.8. The first-order chi connectivity index (χ1) is 14.1. The summed E-state index contributed by atoms with van der Waals surface area (Å²) in [7, 11) is 0. The van der Waals surface area contributed by atoms with Crippen molar-refractivity contribution >= 4 is 23.5 Å². The predicted octanol–water partition coefficient (Wildman–Crippen LogP) is 4.22. The number of halogens is 6. The molecule has 3 N–H and O–H groups in total. The van der Waals surface area contributed by atoms with Crippen LogP contribution in [-0.2, 0) is 4.79 Å². The van der Waals surface area contributed by atoms with Gasteiger partial charge in [0.05, 0.1) is 12.0 Å². The number of nitrogens with one attached hydrogen (secondary N) is 3. The molecule has 0 radical (unpaired) electrons. The van der Waals surface area contributed by atoms with Crippen molar-refractivity contribution in [2.24, 2.45) is 11.8 Å². The predicted molar refractivity (Wildman–Crippen MR) is 98.7 cm³/mol. The van der Waals surface area contributed by atoms with Gasteiger partial charge in [-0.2, -0.15) is 13.2 Å². The molecule has 1 aromatic rings. The lowest BCUT2D eigenvalue weighted by atomic mass is 9.78. The molecule has 2 atom stereocenters. The largest absolute Gasteiger partial charge is 0.391 e. The first-order valence-electron chi connectivity index (χ1n) is 9.61. The lowest BCUT2D eigenvalue weighted by molar-refractivity contribution is -0.184. The van der Waals surface area contributed by atoms with E-state index in [4.69, 9.17) is 11.6 Å². The van der Waals surface area contributed by atoms with Gasteiger partial charge in [-0.25, -0.2) is 13.6 Å². The van der Waals surface area contributed by atoms with Crippen molar-refractivity contribution in [2.75, 3.05) is 6.54 Å². The molecule has 11 heteroatoms. The van der Waals surface area contributed by atoms with Gasteiger partial charge in [-0.3, -0.25) is 4.79 Å². The third-order valence-electron chi connectivity index (χ3n) is 5.72. The molecule has 1 saturated carbocycles. The summed E-state index contributed by atoms with van der Waals surface area (Å²) < 4.78 is 66.9. The number of urea groups is 1. The standard InChI is InChI=1S/C19H21ClF5N3O2/c20-15-12(21)6-5-11(16(15)22)13(27-17(29)14-8-26-18(30)28-14)7-9-1-3-10(4-2-9)19(23,24)25/h5-6,9-10,13-14H,1-4,7-8H2,(H,27,29)(H2,26,28,30)/t9?,10?,13-,14-/m0/s1. The molecule has 5 nitrogen and oxygen atoms in total. The van der Waals surface area contributed by atoms with Gasteiger partial charge in [0.1, 0.15) is 22.7 Å². The van der Waals surface area contributed by atoms with Crippen LogP contribution in [0.5, 0.6) is 0 Å². The molecule has 0 spiro atoms. The van der Waals surface area contributed by atoms with E-state index in [0.717, 1.165) is 12.1 Å². The lowest BCUT2D eigenvalue weighted by Gasteiger charge is -2.32. The fourth-order valence-electron chi connectivity index (χ4n) is 4.02. The number of amides is 3. The zero-order chi connectivity index (χ0) is 22.1. The summed E-state index contributed by atoms with van der Waals surface area (Å²) in [5, 5.41) is 6.75. The van der Waals surface area contributed by atoms with E-state index in [-0.39, 0.29) is 50.1 Å². The van der Waals surface area contributed by atoms with Crippen molar-refractivity contribution in [3.8, 4) is 0 Å². The smallest absolute Gasteiger partial charge is 0.347 e. The Kier molecular flexibility index (Phi) is 6.74.